The first-order valence-corrected chi connectivity index (χ1v) is 4.21. The second kappa shape index (κ2) is 4.61. The van der Waals surface area contributed by atoms with Crippen LogP contribution in [0.3, 0.4) is 0 Å². The number of carbonyl (C=O) groups excluding carboxylic acids is 1. The highest BCUT2D eigenvalue weighted by molar-refractivity contribution is 5.92. The smallest absolute Gasteiger partial charge is 0.269 e. The molecule has 72 valence electrons. The fraction of sp³-hybridized carbons (Fsp3) is 0.500. The van der Waals surface area contributed by atoms with Gasteiger partial charge in [0.2, 0.25) is 0 Å². The van der Waals surface area contributed by atoms with Crippen LogP contribution in [0.2, 0.25) is 0 Å². The zero-order valence-corrected chi connectivity index (χ0v) is 7.58. The first-order valence-electron chi connectivity index (χ1n) is 4.21. The molecule has 0 spiro atoms. The van der Waals surface area contributed by atoms with Crippen LogP contribution < -0.4 is 11.1 Å². The number of aromatic amines is 1. The van der Waals surface area contributed by atoms with Crippen molar-refractivity contribution in [2.75, 3.05) is 13.1 Å². The third-order valence-electron chi connectivity index (χ3n) is 1.76. The Hall–Kier alpha value is -1.36. The molecule has 5 heteroatoms. The number of hydrogen-bond donors (Lipinski definition) is 3. The Morgan fingerprint density at radius 1 is 1.85 bits per heavy atom. The Balaban J connectivity index is 2.35. The van der Waals surface area contributed by atoms with Crippen LogP contribution in [0.4, 0.5) is 0 Å². The van der Waals surface area contributed by atoms with Gasteiger partial charge in [0.1, 0.15) is 5.69 Å². The fourth-order valence-corrected chi connectivity index (χ4v) is 0.828. The third-order valence-corrected chi connectivity index (χ3v) is 1.76. The number of nitrogens with two attached hydrogens (primary N) is 1. The highest BCUT2D eigenvalue weighted by atomic mass is 16.1. The number of nitrogens with zero attached hydrogens (tertiary/aromatic N) is 1. The molecule has 0 radical (unpaired) electrons. The molecule has 1 rings (SSSR count). The lowest BCUT2D eigenvalue weighted by atomic mass is 10.2. The zero-order chi connectivity index (χ0) is 9.68. The van der Waals surface area contributed by atoms with E-state index in [2.05, 4.69) is 15.5 Å². The standard InChI is InChI=1S/C8H14N4O/c1-6(4-9)5-10-8(13)7-2-3-11-12-7/h2-3,6H,4-5,9H2,1H3,(H,10,13)(H,11,12). The van der Waals surface area contributed by atoms with Crippen LogP contribution in [0.25, 0.3) is 0 Å². The fourth-order valence-electron chi connectivity index (χ4n) is 0.828. The summed E-state index contributed by atoms with van der Waals surface area (Å²) in [5.41, 5.74) is 5.88. The molecule has 1 atom stereocenters. The molecule has 0 aromatic carbocycles. The lowest BCUT2D eigenvalue weighted by Crippen LogP contribution is -2.31. The summed E-state index contributed by atoms with van der Waals surface area (Å²) in [6, 6.07) is 1.63. The normalized spacial score (nSPS) is 12.5. The van der Waals surface area contributed by atoms with E-state index in [0.717, 1.165) is 0 Å². The van der Waals surface area contributed by atoms with Crippen molar-refractivity contribution in [1.82, 2.24) is 15.5 Å². The summed E-state index contributed by atoms with van der Waals surface area (Å²) in [6.07, 6.45) is 1.54. The molecule has 1 heterocycles. The molecule has 0 aliphatic heterocycles. The number of nitrogens with one attached hydrogen (secondary N) is 2. The number of hydrogen-bond acceptors (Lipinski definition) is 3. The molecule has 13 heavy (non-hydrogen) atoms. The third kappa shape index (κ3) is 2.87. The average molecular weight is 182 g/mol. The quantitative estimate of drug-likeness (QED) is 0.599. The highest BCUT2D eigenvalue weighted by Crippen LogP contribution is 1.92. The first kappa shape index (κ1) is 9.73. The van der Waals surface area contributed by atoms with Gasteiger partial charge in [0.25, 0.3) is 5.91 Å². The molecule has 0 bridgehead atoms. The maximum atomic E-state index is 11.3. The summed E-state index contributed by atoms with van der Waals surface area (Å²) < 4.78 is 0. The molecule has 4 N–H and O–H groups in total. The first-order chi connectivity index (χ1) is 6.24. The Kier molecular flexibility index (Phi) is 3.45. The van der Waals surface area contributed by atoms with Crippen LogP contribution in [0, 0.1) is 5.92 Å². The van der Waals surface area contributed by atoms with E-state index in [1.807, 2.05) is 6.92 Å². The summed E-state index contributed by atoms with van der Waals surface area (Å²) in [5, 5.41) is 9.01. The van der Waals surface area contributed by atoms with Crippen molar-refractivity contribution < 1.29 is 4.79 Å². The molecule has 0 saturated heterocycles. The van der Waals surface area contributed by atoms with Gasteiger partial charge in [-0.05, 0) is 18.5 Å². The maximum absolute atomic E-state index is 11.3. The van der Waals surface area contributed by atoms with Gasteiger partial charge in [-0.25, -0.2) is 0 Å². The van der Waals surface area contributed by atoms with Gasteiger partial charge in [-0.15, -0.1) is 0 Å². The molecule has 1 unspecified atom stereocenters. The molecule has 1 aromatic rings. The Morgan fingerprint density at radius 3 is 3.15 bits per heavy atom. The number of carbonyl (C=O) groups is 1. The molecule has 0 fully saturated rings. The van der Waals surface area contributed by atoms with Gasteiger partial charge in [0, 0.05) is 12.7 Å². The molecule has 5 nitrogen and oxygen atoms in total. The van der Waals surface area contributed by atoms with Crippen molar-refractivity contribution >= 4 is 5.91 Å². The van der Waals surface area contributed by atoms with Gasteiger partial charge in [-0.2, -0.15) is 5.10 Å². The number of rotatable bonds is 4. The highest BCUT2D eigenvalue weighted by Gasteiger charge is 2.07. The predicted octanol–water partition coefficient (Wildman–Crippen LogP) is -0.266. The summed E-state index contributed by atoms with van der Waals surface area (Å²) in [6.45, 7) is 3.14. The van der Waals surface area contributed by atoms with Gasteiger partial charge in [-0.3, -0.25) is 9.89 Å². The van der Waals surface area contributed by atoms with E-state index >= 15 is 0 Å². The van der Waals surface area contributed by atoms with Gasteiger partial charge < -0.3 is 11.1 Å². The monoisotopic (exact) mass is 182 g/mol. The molecule has 0 aliphatic carbocycles. The number of H-pyrrole nitrogens is 1. The molecule has 1 amide bonds. The van der Waals surface area contributed by atoms with E-state index < -0.39 is 0 Å². The van der Waals surface area contributed by atoms with Crippen LogP contribution in [0.15, 0.2) is 12.3 Å². The van der Waals surface area contributed by atoms with Crippen LogP contribution in [0.1, 0.15) is 17.4 Å². The Bertz CT molecular complexity index is 257. The van der Waals surface area contributed by atoms with Crippen LogP contribution >= 0.6 is 0 Å². The van der Waals surface area contributed by atoms with Crippen molar-refractivity contribution in [3.05, 3.63) is 18.0 Å². The van der Waals surface area contributed by atoms with Gasteiger partial charge in [-0.1, -0.05) is 6.92 Å². The number of aromatic nitrogens is 2. The summed E-state index contributed by atoms with van der Waals surface area (Å²) in [4.78, 5) is 11.3. The minimum Gasteiger partial charge on any atom is -0.350 e. The van der Waals surface area contributed by atoms with E-state index in [1.54, 1.807) is 12.3 Å². The molecule has 0 saturated carbocycles. The van der Waals surface area contributed by atoms with Crippen LogP contribution in [-0.2, 0) is 0 Å². The molecular weight excluding hydrogens is 168 g/mol. The summed E-state index contributed by atoms with van der Waals surface area (Å²) in [7, 11) is 0. The van der Waals surface area contributed by atoms with Crippen LogP contribution in [0.5, 0.6) is 0 Å². The maximum Gasteiger partial charge on any atom is 0.269 e. The van der Waals surface area contributed by atoms with Crippen LogP contribution in [-0.4, -0.2) is 29.2 Å². The summed E-state index contributed by atoms with van der Waals surface area (Å²) in [5.74, 6) is 0.157. The lowest BCUT2D eigenvalue weighted by Gasteiger charge is -2.08. The lowest BCUT2D eigenvalue weighted by molar-refractivity contribution is 0.0943. The predicted molar refractivity (Wildman–Crippen MR) is 49.1 cm³/mol. The van der Waals surface area contributed by atoms with E-state index in [4.69, 9.17) is 5.73 Å². The molecule has 1 aromatic heterocycles. The zero-order valence-electron chi connectivity index (χ0n) is 7.58. The van der Waals surface area contributed by atoms with Crippen molar-refractivity contribution in [2.24, 2.45) is 11.7 Å². The van der Waals surface area contributed by atoms with E-state index in [9.17, 15) is 4.79 Å². The van der Waals surface area contributed by atoms with Gasteiger partial charge >= 0.3 is 0 Å². The minimum absolute atomic E-state index is 0.141. The van der Waals surface area contributed by atoms with E-state index in [-0.39, 0.29) is 5.91 Å². The van der Waals surface area contributed by atoms with Gasteiger partial charge in [0.15, 0.2) is 0 Å². The second-order valence-corrected chi connectivity index (χ2v) is 3.02. The minimum atomic E-state index is -0.141. The number of amides is 1. The second-order valence-electron chi connectivity index (χ2n) is 3.02. The Morgan fingerprint density at radius 2 is 2.62 bits per heavy atom. The molecular formula is C8H14N4O. The largest absolute Gasteiger partial charge is 0.350 e. The van der Waals surface area contributed by atoms with Crippen molar-refractivity contribution in [3.8, 4) is 0 Å². The average Bonchev–Trinajstić information content (AvgIpc) is 2.66. The van der Waals surface area contributed by atoms with Gasteiger partial charge in [0.05, 0.1) is 0 Å². The van der Waals surface area contributed by atoms with E-state index in [1.165, 1.54) is 0 Å². The van der Waals surface area contributed by atoms with Crippen molar-refractivity contribution in [1.29, 1.82) is 0 Å². The van der Waals surface area contributed by atoms with Crippen molar-refractivity contribution in [2.45, 2.75) is 6.92 Å². The Labute approximate surface area is 76.7 Å². The van der Waals surface area contributed by atoms with E-state index in [0.29, 0.717) is 24.7 Å². The topological polar surface area (TPSA) is 83.8 Å². The summed E-state index contributed by atoms with van der Waals surface area (Å²) >= 11 is 0. The van der Waals surface area contributed by atoms with Crippen molar-refractivity contribution in [3.63, 3.8) is 0 Å². The molecule has 0 aliphatic rings. The SMILES string of the molecule is CC(CN)CNC(=O)c1ccn[nH]1.